The number of hydrogen-bond donors (Lipinski definition) is 0. The molecule has 1 aromatic rings. The summed E-state index contributed by atoms with van der Waals surface area (Å²) < 4.78 is 0. The summed E-state index contributed by atoms with van der Waals surface area (Å²) in [4.78, 5) is 28.8. The Labute approximate surface area is 141 Å². The van der Waals surface area contributed by atoms with E-state index in [9.17, 15) is 9.59 Å². The molecule has 0 radical (unpaired) electrons. The second-order valence-electron chi connectivity index (χ2n) is 7.02. The number of benzene rings is 1. The Morgan fingerprint density at radius 1 is 0.957 bits per heavy atom. The predicted molar refractivity (Wildman–Crippen MR) is 89.4 cm³/mol. The lowest BCUT2D eigenvalue weighted by atomic mass is 9.82. The van der Waals surface area contributed by atoms with Crippen LogP contribution >= 0.6 is 11.6 Å². The van der Waals surface area contributed by atoms with Gasteiger partial charge in [-0.25, -0.2) is 4.90 Å². The van der Waals surface area contributed by atoms with Crippen molar-refractivity contribution >= 4 is 29.1 Å². The number of amides is 2. The molecule has 0 spiro atoms. The van der Waals surface area contributed by atoms with Gasteiger partial charge in [-0.15, -0.1) is 0 Å². The highest BCUT2D eigenvalue weighted by molar-refractivity contribution is 6.30. The molecule has 3 aliphatic rings. The fraction of sp³-hybridized carbons (Fsp3) is 0.556. The lowest BCUT2D eigenvalue weighted by molar-refractivity contribution is -0.122. The lowest BCUT2D eigenvalue weighted by Gasteiger charge is -2.23. The van der Waals surface area contributed by atoms with Crippen molar-refractivity contribution in [1.82, 2.24) is 4.90 Å². The Morgan fingerprint density at radius 2 is 1.57 bits per heavy atom. The molecule has 0 unspecified atom stereocenters. The number of halogens is 1. The number of fused-ring (bicyclic) bond motifs is 1. The summed E-state index contributed by atoms with van der Waals surface area (Å²) in [6.07, 6.45) is 5.47. The van der Waals surface area contributed by atoms with Crippen LogP contribution in [0.4, 0.5) is 5.69 Å². The van der Waals surface area contributed by atoms with E-state index in [4.69, 9.17) is 11.6 Å². The zero-order chi connectivity index (χ0) is 16.0. The fourth-order valence-corrected chi connectivity index (χ4v) is 4.59. The largest absolute Gasteiger partial charge is 0.291 e. The van der Waals surface area contributed by atoms with Crippen LogP contribution in [0, 0.1) is 11.8 Å². The van der Waals surface area contributed by atoms with Crippen molar-refractivity contribution in [3.63, 3.8) is 0 Å². The standard InChI is InChI=1S/C18H21ClN2O2/c19-14-5-7-15(8-6-14)21-17(22)9-16(18(21)23)20-10-12-3-1-2-4-13(12)11-20/h5-8,12-13,16H,1-4,9-11H2/t12-,13+,16-/m0/s1. The molecule has 3 atom stereocenters. The fourth-order valence-electron chi connectivity index (χ4n) is 4.46. The summed E-state index contributed by atoms with van der Waals surface area (Å²) >= 11 is 5.90. The summed E-state index contributed by atoms with van der Waals surface area (Å²) in [6.45, 7) is 1.95. The van der Waals surface area contributed by atoms with Crippen LogP contribution in [0.15, 0.2) is 24.3 Å². The van der Waals surface area contributed by atoms with E-state index in [-0.39, 0.29) is 17.9 Å². The van der Waals surface area contributed by atoms with E-state index in [2.05, 4.69) is 4.90 Å². The number of nitrogens with zero attached hydrogens (tertiary/aromatic N) is 2. The molecule has 3 fully saturated rings. The molecule has 2 aliphatic heterocycles. The third-order valence-corrected chi connectivity index (χ3v) is 5.90. The number of rotatable bonds is 2. The van der Waals surface area contributed by atoms with E-state index in [1.54, 1.807) is 24.3 Å². The van der Waals surface area contributed by atoms with E-state index in [0.717, 1.165) is 24.9 Å². The summed E-state index contributed by atoms with van der Waals surface area (Å²) in [5.74, 6) is 1.26. The number of carbonyl (C=O) groups excluding carboxylic acids is 2. The van der Waals surface area contributed by atoms with Gasteiger partial charge < -0.3 is 0 Å². The maximum atomic E-state index is 12.8. The summed E-state index contributed by atoms with van der Waals surface area (Å²) in [5.41, 5.74) is 0.628. The monoisotopic (exact) mass is 332 g/mol. The molecular weight excluding hydrogens is 312 g/mol. The maximum absolute atomic E-state index is 12.8. The highest BCUT2D eigenvalue weighted by Crippen LogP contribution is 2.38. The van der Waals surface area contributed by atoms with Crippen molar-refractivity contribution < 1.29 is 9.59 Å². The highest BCUT2D eigenvalue weighted by Gasteiger charge is 2.46. The van der Waals surface area contributed by atoms with Crippen molar-refractivity contribution in [3.05, 3.63) is 29.3 Å². The summed E-state index contributed by atoms with van der Waals surface area (Å²) in [6, 6.07) is 6.64. The molecule has 2 heterocycles. The average Bonchev–Trinajstić information content (AvgIpc) is 3.09. The molecule has 0 bridgehead atoms. The number of hydrogen-bond acceptors (Lipinski definition) is 3. The van der Waals surface area contributed by atoms with Gasteiger partial charge in [0.05, 0.1) is 18.2 Å². The van der Waals surface area contributed by atoms with E-state index in [1.807, 2.05) is 0 Å². The van der Waals surface area contributed by atoms with E-state index in [1.165, 1.54) is 30.6 Å². The minimum absolute atomic E-state index is 0.0732. The molecule has 0 aromatic heterocycles. The quantitative estimate of drug-likeness (QED) is 0.781. The lowest BCUT2D eigenvalue weighted by Crippen LogP contribution is -2.41. The van der Waals surface area contributed by atoms with Crippen LogP contribution < -0.4 is 4.90 Å². The Morgan fingerprint density at radius 3 is 2.17 bits per heavy atom. The first-order chi connectivity index (χ1) is 11.1. The molecule has 1 aromatic carbocycles. The number of imide groups is 1. The minimum atomic E-state index is -0.274. The molecule has 4 rings (SSSR count). The Bertz CT molecular complexity index is 616. The van der Waals surface area contributed by atoms with Gasteiger partial charge in [-0.1, -0.05) is 24.4 Å². The van der Waals surface area contributed by atoms with Crippen molar-refractivity contribution in [1.29, 1.82) is 0 Å². The minimum Gasteiger partial charge on any atom is -0.291 e. The van der Waals surface area contributed by atoms with Gasteiger partial charge in [0.1, 0.15) is 0 Å². The molecular formula is C18H21ClN2O2. The number of likely N-dealkylation sites (tertiary alicyclic amines) is 1. The molecule has 4 nitrogen and oxygen atoms in total. The van der Waals surface area contributed by atoms with Crippen LogP contribution in [0.2, 0.25) is 5.02 Å². The van der Waals surface area contributed by atoms with Crippen LogP contribution in [0.3, 0.4) is 0 Å². The van der Waals surface area contributed by atoms with Crippen LogP contribution in [0.25, 0.3) is 0 Å². The van der Waals surface area contributed by atoms with Gasteiger partial charge in [0.25, 0.3) is 5.91 Å². The summed E-state index contributed by atoms with van der Waals surface area (Å²) in [7, 11) is 0. The summed E-state index contributed by atoms with van der Waals surface area (Å²) in [5, 5.41) is 0.605. The van der Waals surface area contributed by atoms with Crippen LogP contribution in [0.1, 0.15) is 32.1 Å². The van der Waals surface area contributed by atoms with Gasteiger partial charge in [-0.05, 0) is 48.9 Å². The second kappa shape index (κ2) is 5.91. The highest BCUT2D eigenvalue weighted by atomic mass is 35.5. The molecule has 23 heavy (non-hydrogen) atoms. The van der Waals surface area contributed by atoms with E-state index >= 15 is 0 Å². The van der Waals surface area contributed by atoms with E-state index < -0.39 is 0 Å². The molecule has 1 aliphatic carbocycles. The number of carbonyl (C=O) groups is 2. The molecule has 0 N–H and O–H groups in total. The first kappa shape index (κ1) is 15.2. The van der Waals surface area contributed by atoms with Crippen molar-refractivity contribution in [3.8, 4) is 0 Å². The molecule has 1 saturated carbocycles. The van der Waals surface area contributed by atoms with Crippen molar-refractivity contribution in [2.45, 2.75) is 38.1 Å². The normalized spacial score (nSPS) is 31.7. The average molecular weight is 333 g/mol. The van der Waals surface area contributed by atoms with Gasteiger partial charge >= 0.3 is 0 Å². The molecule has 5 heteroatoms. The molecule has 2 saturated heterocycles. The topological polar surface area (TPSA) is 40.6 Å². The number of anilines is 1. The Hall–Kier alpha value is -1.39. The molecule has 2 amide bonds. The SMILES string of the molecule is O=C1C[C@H](N2C[C@H]3CCCC[C@H]3C2)C(=O)N1c1ccc(Cl)cc1. The first-order valence-electron chi connectivity index (χ1n) is 8.50. The van der Waals surface area contributed by atoms with Gasteiger partial charge in [-0.2, -0.15) is 0 Å². The first-order valence-corrected chi connectivity index (χ1v) is 8.87. The van der Waals surface area contributed by atoms with Crippen LogP contribution in [0.5, 0.6) is 0 Å². The molecule has 122 valence electrons. The smallest absolute Gasteiger partial charge is 0.251 e. The van der Waals surface area contributed by atoms with Crippen molar-refractivity contribution in [2.24, 2.45) is 11.8 Å². The third kappa shape index (κ3) is 2.68. The van der Waals surface area contributed by atoms with Crippen LogP contribution in [-0.4, -0.2) is 35.8 Å². The zero-order valence-electron chi connectivity index (χ0n) is 13.1. The van der Waals surface area contributed by atoms with Gasteiger partial charge in [0.15, 0.2) is 0 Å². The van der Waals surface area contributed by atoms with E-state index in [0.29, 0.717) is 17.1 Å². The van der Waals surface area contributed by atoms with Crippen LogP contribution in [-0.2, 0) is 9.59 Å². The van der Waals surface area contributed by atoms with Gasteiger partial charge in [0, 0.05) is 18.1 Å². The van der Waals surface area contributed by atoms with Gasteiger partial charge in [-0.3, -0.25) is 14.5 Å². The Balaban J connectivity index is 1.52. The maximum Gasteiger partial charge on any atom is 0.251 e. The van der Waals surface area contributed by atoms with Crippen molar-refractivity contribution in [2.75, 3.05) is 18.0 Å². The predicted octanol–water partition coefficient (Wildman–Crippen LogP) is 3.09. The second-order valence-corrected chi connectivity index (χ2v) is 7.46. The Kier molecular flexibility index (Phi) is 3.90. The third-order valence-electron chi connectivity index (χ3n) is 5.65. The van der Waals surface area contributed by atoms with Gasteiger partial charge in [0.2, 0.25) is 5.91 Å². The zero-order valence-corrected chi connectivity index (χ0v) is 13.8.